The van der Waals surface area contributed by atoms with Crippen molar-refractivity contribution in [3.8, 4) is 11.5 Å². The molecular weight excluding hydrogens is 510 g/mol. The molecule has 1 aromatic carbocycles. The monoisotopic (exact) mass is 547 g/mol. The highest BCUT2D eigenvalue weighted by atomic mass is 16.6. The number of carbonyl (C=O) groups excluding carboxylic acids is 2. The van der Waals surface area contributed by atoms with Gasteiger partial charge >= 0.3 is 0 Å². The van der Waals surface area contributed by atoms with E-state index < -0.39 is 17.4 Å². The zero-order chi connectivity index (χ0) is 27.4. The first-order valence-electron chi connectivity index (χ1n) is 14.7. The summed E-state index contributed by atoms with van der Waals surface area (Å²) in [4.78, 5) is 32.2. The van der Waals surface area contributed by atoms with E-state index in [1.165, 1.54) is 24.0 Å². The van der Waals surface area contributed by atoms with E-state index in [0.717, 1.165) is 51.1 Å². The molecule has 4 saturated carbocycles. The predicted molar refractivity (Wildman–Crippen MR) is 146 cm³/mol. The maximum Gasteiger partial charge on any atom is 0.272 e. The fourth-order valence-electron chi connectivity index (χ4n) is 9.90. The molecule has 5 aliphatic carbocycles. The van der Waals surface area contributed by atoms with Gasteiger partial charge in [0.2, 0.25) is 0 Å². The van der Waals surface area contributed by atoms with Crippen molar-refractivity contribution >= 4 is 18.0 Å². The summed E-state index contributed by atoms with van der Waals surface area (Å²) in [5.41, 5.74) is 7.24. The third-order valence-electron chi connectivity index (χ3n) is 11.6. The molecule has 0 unspecified atom stereocenters. The Balaban J connectivity index is 1.19. The van der Waals surface area contributed by atoms with Crippen molar-refractivity contribution in [2.75, 3.05) is 33.3 Å². The summed E-state index contributed by atoms with van der Waals surface area (Å²) in [6.07, 6.45) is 8.70. The molecule has 5 N–H and O–H groups in total. The normalized spacial score (nSPS) is 38.5. The van der Waals surface area contributed by atoms with Crippen LogP contribution in [-0.2, 0) is 26.2 Å². The zero-order valence-electron chi connectivity index (χ0n) is 22.9. The first kappa shape index (κ1) is 24.7. The summed E-state index contributed by atoms with van der Waals surface area (Å²) in [6, 6.07) is 4.30. The maximum absolute atomic E-state index is 13.3. The molecule has 2 spiro atoms. The van der Waals surface area contributed by atoms with E-state index in [2.05, 4.69) is 26.6 Å². The van der Waals surface area contributed by atoms with Gasteiger partial charge in [-0.25, -0.2) is 0 Å². The fraction of sp³-hybridized carbons (Fsp3) is 0.633. The Kier molecular flexibility index (Phi) is 5.07. The van der Waals surface area contributed by atoms with Gasteiger partial charge in [0.25, 0.3) is 11.8 Å². The van der Waals surface area contributed by atoms with Gasteiger partial charge in [-0.3, -0.25) is 19.5 Å². The van der Waals surface area contributed by atoms with Crippen LogP contribution in [0.25, 0.3) is 0 Å². The topological polar surface area (TPSA) is 139 Å². The van der Waals surface area contributed by atoms with Gasteiger partial charge in [0.15, 0.2) is 17.2 Å². The number of likely N-dealkylation sites (tertiary alicyclic amines) is 1. The molecule has 3 aliphatic heterocycles. The highest BCUT2D eigenvalue weighted by Crippen LogP contribution is 2.76. The van der Waals surface area contributed by atoms with Gasteiger partial charge in [0.05, 0.1) is 6.54 Å². The van der Waals surface area contributed by atoms with Gasteiger partial charge in [0, 0.05) is 54.8 Å². The van der Waals surface area contributed by atoms with Crippen molar-refractivity contribution in [3.63, 3.8) is 0 Å². The van der Waals surface area contributed by atoms with Crippen LogP contribution in [0.15, 0.2) is 28.5 Å². The second kappa shape index (κ2) is 8.22. The minimum Gasteiger partial charge on any atom is -0.504 e. The Morgan fingerprint density at radius 1 is 1.30 bits per heavy atom. The van der Waals surface area contributed by atoms with Gasteiger partial charge in [0.1, 0.15) is 17.4 Å². The molecule has 0 radical (unpaired) electrons. The van der Waals surface area contributed by atoms with Crippen molar-refractivity contribution in [1.29, 1.82) is 0 Å². The first-order chi connectivity index (χ1) is 19.3. The van der Waals surface area contributed by atoms with E-state index in [9.17, 15) is 14.7 Å². The number of hydrogen-bond acceptors (Lipinski definition) is 8. The molecule has 2 amide bonds. The maximum atomic E-state index is 13.3. The van der Waals surface area contributed by atoms with Crippen LogP contribution >= 0.6 is 0 Å². The molecule has 4 bridgehead atoms. The lowest BCUT2D eigenvalue weighted by Crippen LogP contribution is -2.81. The molecule has 6 atom stereocenters. The molecular formula is C30H37N5O5. The standard InChI is InChI=1S/C30H37N5O5/c1-39-30-7-6-28(13-18(30)14-34-26(38)23-22(25(31)37)32-9-10-33-23)20-12-17-4-5-19(36)24-21(17)29(28,27(30)40-24)8-11-35(20)15-16-2-3-16/h4-5,10,16,18,20,27,32,36H,2-3,6-9,11-15H2,1H3,(H2,31,37)(H,34,38)/t18-,20-,27-,28-,29+,30-/m1/s1. The van der Waals surface area contributed by atoms with Gasteiger partial charge in [-0.1, -0.05) is 6.07 Å². The molecule has 0 aromatic heterocycles. The number of ether oxygens (including phenoxy) is 2. The summed E-state index contributed by atoms with van der Waals surface area (Å²) < 4.78 is 13.4. The number of phenolic OH excluding ortho intramolecular Hbond substituents is 1. The number of methoxy groups -OCH3 is 1. The predicted octanol–water partition coefficient (Wildman–Crippen LogP) is 1.10. The Hall–Kier alpha value is -3.11. The summed E-state index contributed by atoms with van der Waals surface area (Å²) in [5.74, 6) is 0.523. The Morgan fingerprint density at radius 2 is 2.15 bits per heavy atom. The summed E-state index contributed by atoms with van der Waals surface area (Å²) in [5, 5.41) is 16.9. The number of benzene rings is 1. The van der Waals surface area contributed by atoms with Crippen LogP contribution in [-0.4, -0.2) is 79.1 Å². The molecule has 8 aliphatic rings. The van der Waals surface area contributed by atoms with Crippen LogP contribution in [0.4, 0.5) is 0 Å². The largest absolute Gasteiger partial charge is 0.504 e. The highest BCUT2D eigenvalue weighted by Gasteiger charge is 2.80. The summed E-state index contributed by atoms with van der Waals surface area (Å²) >= 11 is 0. The van der Waals surface area contributed by atoms with Crippen LogP contribution in [0.5, 0.6) is 11.5 Å². The quantitative estimate of drug-likeness (QED) is 0.401. The van der Waals surface area contributed by atoms with E-state index in [4.69, 9.17) is 15.2 Å². The molecule has 3 heterocycles. The fourth-order valence-corrected chi connectivity index (χ4v) is 9.90. The number of amides is 2. The molecule has 5 fully saturated rings. The Labute approximate surface area is 233 Å². The molecule has 10 nitrogen and oxygen atoms in total. The lowest BCUT2D eigenvalue weighted by molar-refractivity contribution is -0.276. The Bertz CT molecular complexity index is 1390. The smallest absolute Gasteiger partial charge is 0.272 e. The number of primary amides is 1. The van der Waals surface area contributed by atoms with Gasteiger partial charge in [-0.05, 0) is 69.0 Å². The summed E-state index contributed by atoms with van der Waals surface area (Å²) in [6.45, 7) is 2.91. The SMILES string of the molecule is CO[C@]12CC[C@@]3(C[C@@H]1CNC(=O)C1=C(C(N)=O)NCC=N1)[C@H]1Cc4ccc(O)c5c4[C@@]3(CCN1CC1CC1)[C@H]2O5. The van der Waals surface area contributed by atoms with E-state index in [1.54, 1.807) is 19.4 Å². The van der Waals surface area contributed by atoms with Crippen molar-refractivity contribution in [1.82, 2.24) is 15.5 Å². The third-order valence-corrected chi connectivity index (χ3v) is 11.6. The van der Waals surface area contributed by atoms with Crippen molar-refractivity contribution < 1.29 is 24.2 Å². The third kappa shape index (κ3) is 2.93. The molecule has 212 valence electrons. The number of carbonyl (C=O) groups is 2. The number of piperidine rings is 1. The highest BCUT2D eigenvalue weighted by molar-refractivity contribution is 6.05. The van der Waals surface area contributed by atoms with E-state index in [-0.39, 0.29) is 40.0 Å². The second-order valence-electron chi connectivity index (χ2n) is 13.0. The number of hydrogen-bond donors (Lipinski definition) is 4. The van der Waals surface area contributed by atoms with Crippen LogP contribution in [0.1, 0.15) is 49.7 Å². The first-order valence-corrected chi connectivity index (χ1v) is 14.7. The van der Waals surface area contributed by atoms with Crippen LogP contribution < -0.4 is 21.1 Å². The van der Waals surface area contributed by atoms with E-state index >= 15 is 0 Å². The lowest BCUT2D eigenvalue weighted by Gasteiger charge is -2.74. The number of nitrogens with one attached hydrogen (secondary N) is 2. The average Bonchev–Trinajstić information content (AvgIpc) is 3.71. The number of aliphatic imine (C=N–C) groups is 1. The van der Waals surface area contributed by atoms with Crippen LogP contribution in [0.3, 0.4) is 0 Å². The summed E-state index contributed by atoms with van der Waals surface area (Å²) in [7, 11) is 1.77. The Morgan fingerprint density at radius 3 is 2.92 bits per heavy atom. The minimum absolute atomic E-state index is 0.00661. The van der Waals surface area contributed by atoms with E-state index in [1.807, 2.05) is 0 Å². The van der Waals surface area contributed by atoms with Crippen molar-refractivity contribution in [2.45, 2.75) is 68.1 Å². The van der Waals surface area contributed by atoms with Gasteiger partial charge in [-0.15, -0.1) is 0 Å². The van der Waals surface area contributed by atoms with Crippen LogP contribution in [0, 0.1) is 17.3 Å². The van der Waals surface area contributed by atoms with Crippen molar-refractivity contribution in [3.05, 3.63) is 34.7 Å². The number of rotatable bonds is 7. The van der Waals surface area contributed by atoms with Gasteiger partial charge < -0.3 is 30.9 Å². The minimum atomic E-state index is -0.702. The average molecular weight is 548 g/mol. The molecule has 40 heavy (non-hydrogen) atoms. The zero-order valence-corrected chi connectivity index (χ0v) is 22.9. The molecule has 1 aromatic rings. The molecule has 1 saturated heterocycles. The number of nitrogens with two attached hydrogens (primary N) is 1. The molecule has 10 heteroatoms. The number of aromatic hydroxyl groups is 1. The van der Waals surface area contributed by atoms with Gasteiger partial charge in [-0.2, -0.15) is 0 Å². The van der Waals surface area contributed by atoms with Crippen LogP contribution in [0.2, 0.25) is 0 Å². The number of phenols is 1. The lowest BCUT2D eigenvalue weighted by atomic mass is 9.35. The molecule has 9 rings (SSSR count). The number of nitrogens with zero attached hydrogens (tertiary/aromatic N) is 2. The number of fused-ring (bicyclic) bond motifs is 2. The second-order valence-corrected chi connectivity index (χ2v) is 13.0. The van der Waals surface area contributed by atoms with Crippen molar-refractivity contribution in [2.24, 2.45) is 28.0 Å². The van der Waals surface area contributed by atoms with E-state index in [0.29, 0.717) is 24.9 Å².